The monoisotopic (exact) mass is 227 g/mol. The Balaban J connectivity index is 3.38. The molecule has 1 amide bonds. The molecule has 0 aliphatic heterocycles. The van der Waals surface area contributed by atoms with E-state index in [9.17, 15) is 9.59 Å². The van der Waals surface area contributed by atoms with Gasteiger partial charge in [-0.3, -0.25) is 4.79 Å². The highest BCUT2D eigenvalue weighted by Gasteiger charge is 2.12. The number of Topliss-reactive ketones (excluding diaryl/α,β-unsaturated/α-hetero) is 1. The Hall–Kier alpha value is -0.860. The topological polar surface area (TPSA) is 46.2 Å². The van der Waals surface area contributed by atoms with Crippen LogP contribution in [0.5, 0.6) is 0 Å². The minimum Gasteiger partial charge on any atom is -0.352 e. The molecule has 0 aromatic rings. The fourth-order valence-corrected chi connectivity index (χ4v) is 1.49. The van der Waals surface area contributed by atoms with Gasteiger partial charge in [-0.25, -0.2) is 0 Å². The van der Waals surface area contributed by atoms with Crippen LogP contribution in [0.2, 0.25) is 0 Å². The largest absolute Gasteiger partial charge is 0.352 e. The van der Waals surface area contributed by atoms with Crippen molar-refractivity contribution in [1.82, 2.24) is 5.32 Å². The first-order valence-electron chi connectivity index (χ1n) is 6.12. The van der Waals surface area contributed by atoms with E-state index in [1.165, 1.54) is 0 Å². The molecular formula is C13H25NO2. The highest BCUT2D eigenvalue weighted by molar-refractivity contribution is 5.76. The number of nitrogens with one attached hydrogen (secondary N) is 1. The van der Waals surface area contributed by atoms with Gasteiger partial charge in [0, 0.05) is 18.4 Å². The highest BCUT2D eigenvalue weighted by atomic mass is 16.1. The Morgan fingerprint density at radius 2 is 1.44 bits per heavy atom. The first-order valence-corrected chi connectivity index (χ1v) is 6.12. The Bertz CT molecular complexity index is 229. The van der Waals surface area contributed by atoms with Gasteiger partial charge in [-0.2, -0.15) is 0 Å². The lowest BCUT2D eigenvalue weighted by atomic mass is 10.1. The molecule has 0 unspecified atom stereocenters. The van der Waals surface area contributed by atoms with Crippen LogP contribution in [0.4, 0.5) is 0 Å². The van der Waals surface area contributed by atoms with Gasteiger partial charge in [-0.1, -0.05) is 12.8 Å². The van der Waals surface area contributed by atoms with Crippen LogP contribution in [0.15, 0.2) is 0 Å². The molecule has 0 aliphatic carbocycles. The predicted octanol–water partition coefficient (Wildman–Crippen LogP) is 2.83. The fourth-order valence-electron chi connectivity index (χ4n) is 1.49. The summed E-state index contributed by atoms with van der Waals surface area (Å²) in [4.78, 5) is 22.1. The number of carbonyl (C=O) groups excluding carboxylic acids is 2. The summed E-state index contributed by atoms with van der Waals surface area (Å²) in [6, 6.07) is 0. The van der Waals surface area contributed by atoms with Gasteiger partial charge in [-0.05, 0) is 40.5 Å². The average Bonchev–Trinajstić information content (AvgIpc) is 2.07. The molecule has 1 N–H and O–H groups in total. The first-order chi connectivity index (χ1) is 7.31. The number of carbonyl (C=O) groups is 2. The zero-order valence-electron chi connectivity index (χ0n) is 11.1. The molecule has 0 atom stereocenters. The normalized spacial score (nSPS) is 11.2. The van der Waals surface area contributed by atoms with Crippen molar-refractivity contribution >= 4 is 11.7 Å². The van der Waals surface area contributed by atoms with Gasteiger partial charge in [0.05, 0.1) is 0 Å². The van der Waals surface area contributed by atoms with E-state index in [1.807, 2.05) is 20.8 Å². The molecule has 0 aliphatic rings. The van der Waals surface area contributed by atoms with Crippen LogP contribution in [0.3, 0.4) is 0 Å². The molecule has 0 saturated heterocycles. The smallest absolute Gasteiger partial charge is 0.220 e. The van der Waals surface area contributed by atoms with Crippen molar-refractivity contribution in [2.24, 2.45) is 0 Å². The van der Waals surface area contributed by atoms with E-state index in [2.05, 4.69) is 5.32 Å². The Kier molecular flexibility index (Phi) is 7.02. The lowest BCUT2D eigenvalue weighted by Gasteiger charge is -2.20. The predicted molar refractivity (Wildman–Crippen MR) is 66.3 cm³/mol. The summed E-state index contributed by atoms with van der Waals surface area (Å²) in [6.07, 6.45) is 5.22. The standard InChI is InChI=1S/C13H25NO2/c1-11(15)9-7-5-6-8-10-12(16)14-13(2,3)4/h5-10H2,1-4H3,(H,14,16). The first kappa shape index (κ1) is 15.1. The summed E-state index contributed by atoms with van der Waals surface area (Å²) in [5.41, 5.74) is -0.133. The third-order valence-electron chi connectivity index (χ3n) is 2.20. The SMILES string of the molecule is CC(=O)CCCCCCC(=O)NC(C)(C)C. The maximum Gasteiger partial charge on any atom is 0.220 e. The fraction of sp³-hybridized carbons (Fsp3) is 0.846. The van der Waals surface area contributed by atoms with Crippen molar-refractivity contribution in [3.8, 4) is 0 Å². The van der Waals surface area contributed by atoms with E-state index in [-0.39, 0.29) is 17.2 Å². The van der Waals surface area contributed by atoms with Crippen molar-refractivity contribution < 1.29 is 9.59 Å². The minimum atomic E-state index is -0.133. The van der Waals surface area contributed by atoms with Crippen LogP contribution in [0.25, 0.3) is 0 Å². The van der Waals surface area contributed by atoms with E-state index in [4.69, 9.17) is 0 Å². The summed E-state index contributed by atoms with van der Waals surface area (Å²) < 4.78 is 0. The summed E-state index contributed by atoms with van der Waals surface area (Å²) in [7, 11) is 0. The second-order valence-corrected chi connectivity index (χ2v) is 5.41. The number of hydrogen-bond acceptors (Lipinski definition) is 2. The van der Waals surface area contributed by atoms with E-state index >= 15 is 0 Å². The van der Waals surface area contributed by atoms with Gasteiger partial charge < -0.3 is 10.1 Å². The molecule has 0 fully saturated rings. The lowest BCUT2D eigenvalue weighted by molar-refractivity contribution is -0.122. The maximum atomic E-state index is 11.4. The lowest BCUT2D eigenvalue weighted by Crippen LogP contribution is -2.40. The van der Waals surface area contributed by atoms with Crippen LogP contribution in [0.1, 0.15) is 66.2 Å². The molecule has 0 spiro atoms. The molecule has 3 nitrogen and oxygen atoms in total. The van der Waals surface area contributed by atoms with Gasteiger partial charge in [0.15, 0.2) is 0 Å². The van der Waals surface area contributed by atoms with Gasteiger partial charge in [-0.15, -0.1) is 0 Å². The molecule has 94 valence electrons. The Morgan fingerprint density at radius 3 is 1.88 bits per heavy atom. The molecule has 16 heavy (non-hydrogen) atoms. The van der Waals surface area contributed by atoms with Crippen LogP contribution < -0.4 is 5.32 Å². The molecule has 0 rings (SSSR count). The number of rotatable bonds is 7. The van der Waals surface area contributed by atoms with Gasteiger partial charge in [0.25, 0.3) is 0 Å². The van der Waals surface area contributed by atoms with Gasteiger partial charge in [0.1, 0.15) is 5.78 Å². The Morgan fingerprint density at radius 1 is 0.938 bits per heavy atom. The van der Waals surface area contributed by atoms with E-state index < -0.39 is 0 Å². The van der Waals surface area contributed by atoms with Crippen molar-refractivity contribution in [2.45, 2.75) is 71.8 Å². The summed E-state index contributed by atoms with van der Waals surface area (Å²) in [5, 5.41) is 2.94. The van der Waals surface area contributed by atoms with Crippen LogP contribution in [-0.2, 0) is 9.59 Å². The molecule has 0 aromatic heterocycles. The maximum absolute atomic E-state index is 11.4. The highest BCUT2D eigenvalue weighted by Crippen LogP contribution is 2.07. The molecule has 0 bridgehead atoms. The molecule has 0 radical (unpaired) electrons. The number of hydrogen-bond donors (Lipinski definition) is 1. The number of amides is 1. The van der Waals surface area contributed by atoms with E-state index in [0.717, 1.165) is 25.7 Å². The number of ketones is 1. The summed E-state index contributed by atoms with van der Waals surface area (Å²) >= 11 is 0. The average molecular weight is 227 g/mol. The van der Waals surface area contributed by atoms with Crippen molar-refractivity contribution in [3.05, 3.63) is 0 Å². The minimum absolute atomic E-state index is 0.124. The zero-order chi connectivity index (χ0) is 12.6. The Labute approximate surface area is 99.0 Å². The second kappa shape index (κ2) is 7.42. The summed E-state index contributed by atoms with van der Waals surface area (Å²) in [6.45, 7) is 7.57. The molecule has 3 heteroatoms. The van der Waals surface area contributed by atoms with Crippen molar-refractivity contribution in [2.75, 3.05) is 0 Å². The zero-order valence-corrected chi connectivity index (χ0v) is 11.1. The van der Waals surface area contributed by atoms with E-state index in [0.29, 0.717) is 12.8 Å². The molecule has 0 aromatic carbocycles. The van der Waals surface area contributed by atoms with Crippen LogP contribution in [0, 0.1) is 0 Å². The van der Waals surface area contributed by atoms with Crippen LogP contribution in [-0.4, -0.2) is 17.2 Å². The number of unbranched alkanes of at least 4 members (excludes halogenated alkanes) is 3. The van der Waals surface area contributed by atoms with Gasteiger partial charge in [0.2, 0.25) is 5.91 Å². The van der Waals surface area contributed by atoms with E-state index in [1.54, 1.807) is 6.92 Å². The summed E-state index contributed by atoms with van der Waals surface area (Å²) in [5.74, 6) is 0.379. The van der Waals surface area contributed by atoms with Gasteiger partial charge >= 0.3 is 0 Å². The third kappa shape index (κ3) is 11.2. The quantitative estimate of drug-likeness (QED) is 0.680. The van der Waals surface area contributed by atoms with Crippen molar-refractivity contribution in [3.63, 3.8) is 0 Å². The van der Waals surface area contributed by atoms with Crippen LogP contribution >= 0.6 is 0 Å². The van der Waals surface area contributed by atoms with Crippen molar-refractivity contribution in [1.29, 1.82) is 0 Å². The molecule has 0 heterocycles. The third-order valence-corrected chi connectivity index (χ3v) is 2.20. The molecular weight excluding hydrogens is 202 g/mol. The molecule has 0 saturated carbocycles. The second-order valence-electron chi connectivity index (χ2n) is 5.41.